The summed E-state index contributed by atoms with van der Waals surface area (Å²) in [5.74, 6) is 0.808. The van der Waals surface area contributed by atoms with Crippen LogP contribution in [-0.4, -0.2) is 4.98 Å². The lowest BCUT2D eigenvalue weighted by Crippen LogP contribution is -2.18. The Labute approximate surface area is 93.7 Å². The summed E-state index contributed by atoms with van der Waals surface area (Å²) >= 11 is 0. The van der Waals surface area contributed by atoms with Gasteiger partial charge in [-0.05, 0) is 12.1 Å². The zero-order chi connectivity index (χ0) is 10.8. The maximum absolute atomic E-state index is 5.73. The molecule has 1 aliphatic heterocycles. The minimum absolute atomic E-state index is 0.321. The van der Waals surface area contributed by atoms with Crippen LogP contribution in [0.2, 0.25) is 0 Å². The van der Waals surface area contributed by atoms with Crippen LogP contribution in [0.1, 0.15) is 17.5 Å². The molecule has 1 unspecified atom stereocenters. The summed E-state index contributed by atoms with van der Waals surface area (Å²) in [4.78, 5) is 4.20. The van der Waals surface area contributed by atoms with Crippen LogP contribution in [0, 0.1) is 0 Å². The fraction of sp³-hybridized carbons (Fsp3) is 0.154. The predicted octanol–water partition coefficient (Wildman–Crippen LogP) is 2.69. The Morgan fingerprint density at radius 3 is 2.81 bits per heavy atom. The van der Waals surface area contributed by atoms with Gasteiger partial charge in [0.1, 0.15) is 11.4 Å². The van der Waals surface area contributed by atoms with Gasteiger partial charge in [-0.3, -0.25) is 4.98 Å². The molecule has 16 heavy (non-hydrogen) atoms. The van der Waals surface area contributed by atoms with Crippen molar-refractivity contribution in [3.8, 4) is 5.75 Å². The minimum Gasteiger partial charge on any atom is -0.459 e. The molecule has 0 amide bonds. The van der Waals surface area contributed by atoms with Crippen molar-refractivity contribution in [2.24, 2.45) is 0 Å². The smallest absolute Gasteiger partial charge is 0.227 e. The highest BCUT2D eigenvalue weighted by molar-refractivity contribution is 5.29. The molecular formula is C13H11NO2. The molecule has 0 bridgehead atoms. The molecule has 1 aromatic heterocycles. The zero-order valence-corrected chi connectivity index (χ0v) is 8.67. The first-order valence-electron chi connectivity index (χ1n) is 5.20. The molecule has 3 rings (SSSR count). The number of hydrogen-bond donors (Lipinski definition) is 0. The fourth-order valence-electron chi connectivity index (χ4n) is 1.72. The summed E-state index contributed by atoms with van der Waals surface area (Å²) in [5, 5.41) is 0. The van der Waals surface area contributed by atoms with Crippen LogP contribution >= 0.6 is 0 Å². The van der Waals surface area contributed by atoms with Crippen molar-refractivity contribution in [3.05, 3.63) is 59.9 Å². The molecule has 0 radical (unpaired) electrons. The normalized spacial score (nSPS) is 18.6. The Balaban J connectivity index is 1.89. The molecule has 0 saturated heterocycles. The molecule has 0 N–H and O–H groups in total. The third-order valence-electron chi connectivity index (χ3n) is 2.53. The van der Waals surface area contributed by atoms with Gasteiger partial charge in [-0.15, -0.1) is 0 Å². The number of ether oxygens (including phenoxy) is 2. The average Bonchev–Trinajstić information content (AvgIpc) is 2.39. The lowest BCUT2D eigenvalue weighted by atomic mass is 10.2. The number of hydrogen-bond acceptors (Lipinski definition) is 3. The Morgan fingerprint density at radius 1 is 1.06 bits per heavy atom. The third-order valence-corrected chi connectivity index (χ3v) is 2.53. The standard InChI is InChI=1S/C13H11NO2/c1-2-5-10(6-3-1)13-15-9-11-12(16-13)7-4-8-14-11/h1-8,13H,9H2. The van der Waals surface area contributed by atoms with Gasteiger partial charge in [-0.1, -0.05) is 30.3 Å². The first kappa shape index (κ1) is 9.36. The summed E-state index contributed by atoms with van der Waals surface area (Å²) in [7, 11) is 0. The molecule has 0 aliphatic carbocycles. The average molecular weight is 213 g/mol. The fourth-order valence-corrected chi connectivity index (χ4v) is 1.72. The van der Waals surface area contributed by atoms with E-state index in [0.717, 1.165) is 17.0 Å². The molecular weight excluding hydrogens is 202 g/mol. The molecule has 0 spiro atoms. The first-order chi connectivity index (χ1) is 7.93. The second-order valence-electron chi connectivity index (χ2n) is 3.62. The monoisotopic (exact) mass is 213 g/mol. The van der Waals surface area contributed by atoms with E-state index in [1.165, 1.54) is 0 Å². The maximum atomic E-state index is 5.73. The van der Waals surface area contributed by atoms with Crippen molar-refractivity contribution in [2.45, 2.75) is 12.9 Å². The van der Waals surface area contributed by atoms with Gasteiger partial charge in [0.05, 0.1) is 6.61 Å². The quantitative estimate of drug-likeness (QED) is 0.729. The van der Waals surface area contributed by atoms with E-state index >= 15 is 0 Å². The number of aromatic nitrogens is 1. The Hall–Kier alpha value is -1.87. The lowest BCUT2D eigenvalue weighted by molar-refractivity contribution is -0.113. The maximum Gasteiger partial charge on any atom is 0.227 e. The van der Waals surface area contributed by atoms with Gasteiger partial charge in [0.25, 0.3) is 0 Å². The zero-order valence-electron chi connectivity index (χ0n) is 8.67. The van der Waals surface area contributed by atoms with E-state index in [0.29, 0.717) is 6.61 Å². The van der Waals surface area contributed by atoms with Crippen molar-refractivity contribution < 1.29 is 9.47 Å². The van der Waals surface area contributed by atoms with E-state index in [2.05, 4.69) is 4.98 Å². The summed E-state index contributed by atoms with van der Waals surface area (Å²) in [5.41, 5.74) is 1.88. The summed E-state index contributed by atoms with van der Waals surface area (Å²) < 4.78 is 11.3. The van der Waals surface area contributed by atoms with Crippen molar-refractivity contribution in [1.29, 1.82) is 0 Å². The van der Waals surface area contributed by atoms with Crippen LogP contribution in [0.4, 0.5) is 0 Å². The third kappa shape index (κ3) is 1.66. The van der Waals surface area contributed by atoms with E-state index in [1.54, 1.807) is 6.20 Å². The molecule has 3 heteroatoms. The second kappa shape index (κ2) is 3.94. The van der Waals surface area contributed by atoms with Gasteiger partial charge in [-0.25, -0.2) is 0 Å². The van der Waals surface area contributed by atoms with Crippen molar-refractivity contribution >= 4 is 0 Å². The van der Waals surface area contributed by atoms with E-state index in [9.17, 15) is 0 Å². The number of nitrogens with zero attached hydrogens (tertiary/aromatic N) is 1. The Morgan fingerprint density at radius 2 is 1.94 bits per heavy atom. The highest BCUT2D eigenvalue weighted by Crippen LogP contribution is 2.31. The van der Waals surface area contributed by atoms with E-state index < -0.39 is 0 Å². The van der Waals surface area contributed by atoms with Gasteiger partial charge in [0.2, 0.25) is 6.29 Å². The molecule has 1 atom stereocenters. The number of benzene rings is 1. The van der Waals surface area contributed by atoms with E-state index in [-0.39, 0.29) is 6.29 Å². The molecule has 3 nitrogen and oxygen atoms in total. The van der Waals surface area contributed by atoms with Crippen molar-refractivity contribution in [2.75, 3.05) is 0 Å². The molecule has 0 saturated carbocycles. The summed E-state index contributed by atoms with van der Waals surface area (Å²) in [6.45, 7) is 0.496. The van der Waals surface area contributed by atoms with Crippen LogP contribution in [0.3, 0.4) is 0 Å². The van der Waals surface area contributed by atoms with Crippen LogP contribution in [0.5, 0.6) is 5.75 Å². The van der Waals surface area contributed by atoms with Crippen LogP contribution in [-0.2, 0) is 11.3 Å². The number of pyridine rings is 1. The van der Waals surface area contributed by atoms with Crippen LogP contribution in [0.25, 0.3) is 0 Å². The van der Waals surface area contributed by atoms with Crippen molar-refractivity contribution in [1.82, 2.24) is 4.98 Å². The van der Waals surface area contributed by atoms with Crippen LogP contribution in [0.15, 0.2) is 48.7 Å². The first-order valence-corrected chi connectivity index (χ1v) is 5.20. The van der Waals surface area contributed by atoms with E-state index in [1.807, 2.05) is 42.5 Å². The molecule has 1 aliphatic rings. The number of rotatable bonds is 1. The topological polar surface area (TPSA) is 31.4 Å². The highest BCUT2D eigenvalue weighted by Gasteiger charge is 2.21. The van der Waals surface area contributed by atoms with Gasteiger partial charge in [0, 0.05) is 11.8 Å². The van der Waals surface area contributed by atoms with Gasteiger partial charge in [0.15, 0.2) is 0 Å². The lowest BCUT2D eigenvalue weighted by Gasteiger charge is -2.25. The van der Waals surface area contributed by atoms with Crippen LogP contribution < -0.4 is 4.74 Å². The van der Waals surface area contributed by atoms with Gasteiger partial charge >= 0.3 is 0 Å². The molecule has 0 fully saturated rings. The molecule has 2 heterocycles. The Bertz CT molecular complexity index is 484. The minimum atomic E-state index is -0.321. The molecule has 2 aromatic rings. The predicted molar refractivity (Wildman–Crippen MR) is 58.8 cm³/mol. The summed E-state index contributed by atoms with van der Waals surface area (Å²) in [6.07, 6.45) is 1.42. The van der Waals surface area contributed by atoms with Gasteiger partial charge in [-0.2, -0.15) is 0 Å². The Kier molecular flexibility index (Phi) is 2.31. The van der Waals surface area contributed by atoms with Gasteiger partial charge < -0.3 is 9.47 Å². The number of fused-ring (bicyclic) bond motifs is 1. The second-order valence-corrected chi connectivity index (χ2v) is 3.62. The SMILES string of the molecule is c1ccc(C2OCc3ncccc3O2)cc1. The molecule has 1 aromatic carbocycles. The van der Waals surface area contributed by atoms with Crippen molar-refractivity contribution in [3.63, 3.8) is 0 Å². The molecule has 80 valence electrons. The highest BCUT2D eigenvalue weighted by atomic mass is 16.7. The largest absolute Gasteiger partial charge is 0.459 e. The summed E-state index contributed by atoms with van der Waals surface area (Å²) in [6, 6.07) is 13.7. The van der Waals surface area contributed by atoms with E-state index in [4.69, 9.17) is 9.47 Å².